The fourth-order valence-electron chi connectivity index (χ4n) is 2.46. The van der Waals surface area contributed by atoms with Crippen LogP contribution in [0.4, 0.5) is 0 Å². The Bertz CT molecular complexity index is 686. The van der Waals surface area contributed by atoms with Crippen molar-refractivity contribution >= 4 is 11.8 Å². The van der Waals surface area contributed by atoms with E-state index < -0.39 is 0 Å². The Hall–Kier alpha value is -2.69. The van der Waals surface area contributed by atoms with Crippen LogP contribution in [0.3, 0.4) is 0 Å². The number of pyridine rings is 1. The maximum absolute atomic E-state index is 12.0. The lowest BCUT2D eigenvalue weighted by atomic mass is 10.1. The van der Waals surface area contributed by atoms with Crippen molar-refractivity contribution < 1.29 is 9.59 Å². The third kappa shape index (κ3) is 5.83. The first kappa shape index (κ1) is 17.7. The van der Waals surface area contributed by atoms with E-state index in [0.717, 1.165) is 16.7 Å². The molecule has 2 rings (SSSR count). The molecule has 0 aliphatic heterocycles. The van der Waals surface area contributed by atoms with Crippen molar-refractivity contribution in [2.45, 2.75) is 26.8 Å². The van der Waals surface area contributed by atoms with Crippen LogP contribution in [0.15, 0.2) is 48.8 Å². The maximum atomic E-state index is 12.0. The SMILES string of the molecule is CC(=O)N(CCNC(=O)Cc1cccc(C)c1)Cc1cccnc1. The van der Waals surface area contributed by atoms with Gasteiger partial charge in [0.2, 0.25) is 11.8 Å². The molecule has 0 atom stereocenters. The van der Waals surface area contributed by atoms with Gasteiger partial charge in [-0.25, -0.2) is 0 Å². The van der Waals surface area contributed by atoms with Gasteiger partial charge >= 0.3 is 0 Å². The molecule has 0 aliphatic rings. The maximum Gasteiger partial charge on any atom is 0.224 e. The summed E-state index contributed by atoms with van der Waals surface area (Å²) in [7, 11) is 0. The van der Waals surface area contributed by atoms with Crippen LogP contribution in [0.5, 0.6) is 0 Å². The van der Waals surface area contributed by atoms with Gasteiger partial charge in [0.05, 0.1) is 6.42 Å². The van der Waals surface area contributed by atoms with Crippen molar-refractivity contribution in [1.29, 1.82) is 0 Å². The molecule has 0 fully saturated rings. The minimum atomic E-state index is -0.0366. The molecule has 2 amide bonds. The van der Waals surface area contributed by atoms with Crippen LogP contribution in [0.2, 0.25) is 0 Å². The van der Waals surface area contributed by atoms with E-state index in [9.17, 15) is 9.59 Å². The largest absolute Gasteiger partial charge is 0.354 e. The second-order valence-electron chi connectivity index (χ2n) is 5.82. The highest BCUT2D eigenvalue weighted by molar-refractivity contribution is 5.78. The van der Waals surface area contributed by atoms with Crippen LogP contribution in [0.25, 0.3) is 0 Å². The van der Waals surface area contributed by atoms with E-state index in [1.165, 1.54) is 6.92 Å². The van der Waals surface area contributed by atoms with E-state index in [2.05, 4.69) is 10.3 Å². The zero-order chi connectivity index (χ0) is 17.4. The summed E-state index contributed by atoms with van der Waals surface area (Å²) in [5.41, 5.74) is 3.10. The third-order valence-corrected chi connectivity index (χ3v) is 3.69. The molecule has 0 aliphatic carbocycles. The number of aryl methyl sites for hydroxylation is 1. The standard InChI is InChI=1S/C19H23N3O2/c1-15-5-3-6-17(11-15)12-19(24)21-9-10-22(16(2)23)14-18-7-4-8-20-13-18/h3-8,11,13H,9-10,12,14H2,1-2H3,(H,21,24). The molecule has 5 heteroatoms. The van der Waals surface area contributed by atoms with Crippen LogP contribution >= 0.6 is 0 Å². The van der Waals surface area contributed by atoms with Gasteiger partial charge in [0, 0.05) is 39.0 Å². The molecule has 126 valence electrons. The molecule has 0 radical (unpaired) electrons. The average Bonchev–Trinajstić information content (AvgIpc) is 2.54. The molecule has 0 spiro atoms. The fraction of sp³-hybridized carbons (Fsp3) is 0.316. The minimum absolute atomic E-state index is 0.0215. The first-order valence-corrected chi connectivity index (χ1v) is 8.01. The number of hydrogen-bond acceptors (Lipinski definition) is 3. The molecule has 1 aromatic carbocycles. The summed E-state index contributed by atoms with van der Waals surface area (Å²) in [6, 6.07) is 11.7. The summed E-state index contributed by atoms with van der Waals surface area (Å²) in [5, 5.41) is 2.87. The van der Waals surface area contributed by atoms with Crippen LogP contribution in [-0.2, 0) is 22.6 Å². The first-order chi connectivity index (χ1) is 11.5. The normalized spacial score (nSPS) is 10.2. The second kappa shape index (κ2) is 8.82. The van der Waals surface area contributed by atoms with Crippen LogP contribution in [-0.4, -0.2) is 34.8 Å². The van der Waals surface area contributed by atoms with Gasteiger partial charge in [0.15, 0.2) is 0 Å². The van der Waals surface area contributed by atoms with Gasteiger partial charge in [-0.3, -0.25) is 14.6 Å². The molecular weight excluding hydrogens is 302 g/mol. The zero-order valence-electron chi connectivity index (χ0n) is 14.2. The van der Waals surface area contributed by atoms with Gasteiger partial charge in [0.25, 0.3) is 0 Å². The molecule has 0 saturated heterocycles. The Morgan fingerprint density at radius 3 is 2.62 bits per heavy atom. The van der Waals surface area contributed by atoms with Crippen molar-refractivity contribution in [3.05, 3.63) is 65.5 Å². The number of nitrogens with one attached hydrogen (secondary N) is 1. The van der Waals surface area contributed by atoms with Gasteiger partial charge in [-0.2, -0.15) is 0 Å². The molecule has 5 nitrogen and oxygen atoms in total. The van der Waals surface area contributed by atoms with Gasteiger partial charge in [-0.15, -0.1) is 0 Å². The molecular formula is C19H23N3O2. The van der Waals surface area contributed by atoms with E-state index >= 15 is 0 Å². The average molecular weight is 325 g/mol. The summed E-state index contributed by atoms with van der Waals surface area (Å²) in [4.78, 5) is 29.5. The number of hydrogen-bond donors (Lipinski definition) is 1. The van der Waals surface area contributed by atoms with Crippen molar-refractivity contribution in [3.63, 3.8) is 0 Å². The number of nitrogens with zero attached hydrogens (tertiary/aromatic N) is 2. The number of aromatic nitrogens is 1. The minimum Gasteiger partial charge on any atom is -0.354 e. The summed E-state index contributed by atoms with van der Waals surface area (Å²) in [6.07, 6.45) is 3.80. The molecule has 1 N–H and O–H groups in total. The molecule has 0 unspecified atom stereocenters. The highest BCUT2D eigenvalue weighted by Gasteiger charge is 2.10. The van der Waals surface area contributed by atoms with Crippen LogP contribution in [0, 0.1) is 6.92 Å². The highest BCUT2D eigenvalue weighted by atomic mass is 16.2. The smallest absolute Gasteiger partial charge is 0.224 e. The quantitative estimate of drug-likeness (QED) is 0.848. The summed E-state index contributed by atoms with van der Waals surface area (Å²) in [6.45, 7) is 4.95. The van der Waals surface area contributed by atoms with Crippen molar-refractivity contribution in [3.8, 4) is 0 Å². The zero-order valence-corrected chi connectivity index (χ0v) is 14.2. The Morgan fingerprint density at radius 1 is 1.17 bits per heavy atom. The number of carbonyl (C=O) groups is 2. The molecule has 1 aromatic heterocycles. The number of benzene rings is 1. The van der Waals surface area contributed by atoms with Gasteiger partial charge in [-0.1, -0.05) is 35.9 Å². The molecule has 0 saturated carbocycles. The molecule has 0 bridgehead atoms. The van der Waals surface area contributed by atoms with E-state index in [1.807, 2.05) is 43.3 Å². The molecule has 2 aromatic rings. The predicted molar refractivity (Wildman–Crippen MR) is 93.2 cm³/mol. The lowest BCUT2D eigenvalue weighted by Gasteiger charge is -2.21. The van der Waals surface area contributed by atoms with Crippen molar-refractivity contribution in [2.75, 3.05) is 13.1 Å². The Balaban J connectivity index is 1.80. The van der Waals surface area contributed by atoms with Crippen LogP contribution < -0.4 is 5.32 Å². The highest BCUT2D eigenvalue weighted by Crippen LogP contribution is 2.05. The predicted octanol–water partition coefficient (Wildman–Crippen LogP) is 2.10. The van der Waals surface area contributed by atoms with E-state index in [-0.39, 0.29) is 11.8 Å². The lowest BCUT2D eigenvalue weighted by Crippen LogP contribution is -2.37. The summed E-state index contributed by atoms with van der Waals surface area (Å²) < 4.78 is 0. The van der Waals surface area contributed by atoms with Gasteiger partial charge < -0.3 is 10.2 Å². The fourth-order valence-corrected chi connectivity index (χ4v) is 2.46. The summed E-state index contributed by atoms with van der Waals surface area (Å²) in [5.74, 6) is -0.0581. The third-order valence-electron chi connectivity index (χ3n) is 3.69. The molecule has 24 heavy (non-hydrogen) atoms. The number of carbonyl (C=O) groups excluding carboxylic acids is 2. The van der Waals surface area contributed by atoms with Gasteiger partial charge in [-0.05, 0) is 24.1 Å². The van der Waals surface area contributed by atoms with Gasteiger partial charge in [0.1, 0.15) is 0 Å². The Labute approximate surface area is 142 Å². The number of amides is 2. The monoisotopic (exact) mass is 325 g/mol. The van der Waals surface area contributed by atoms with Crippen molar-refractivity contribution in [2.24, 2.45) is 0 Å². The first-order valence-electron chi connectivity index (χ1n) is 8.01. The number of rotatable bonds is 7. The van der Waals surface area contributed by atoms with E-state index in [0.29, 0.717) is 26.1 Å². The Kier molecular flexibility index (Phi) is 6.49. The lowest BCUT2D eigenvalue weighted by molar-refractivity contribution is -0.130. The van der Waals surface area contributed by atoms with Crippen molar-refractivity contribution in [1.82, 2.24) is 15.2 Å². The second-order valence-corrected chi connectivity index (χ2v) is 5.82. The topological polar surface area (TPSA) is 62.3 Å². The summed E-state index contributed by atoms with van der Waals surface area (Å²) >= 11 is 0. The van der Waals surface area contributed by atoms with E-state index in [1.54, 1.807) is 17.3 Å². The molecule has 1 heterocycles. The van der Waals surface area contributed by atoms with E-state index in [4.69, 9.17) is 0 Å². The Morgan fingerprint density at radius 2 is 1.96 bits per heavy atom. The van der Waals surface area contributed by atoms with Crippen LogP contribution in [0.1, 0.15) is 23.6 Å².